The van der Waals surface area contributed by atoms with Crippen molar-refractivity contribution in [2.24, 2.45) is 0 Å². The highest BCUT2D eigenvalue weighted by Crippen LogP contribution is 2.22. The second kappa shape index (κ2) is 4.28. The maximum absolute atomic E-state index is 11.9. The van der Waals surface area contributed by atoms with Gasteiger partial charge in [0.2, 0.25) is 0 Å². The summed E-state index contributed by atoms with van der Waals surface area (Å²) < 4.78 is 35.6. The molecule has 0 radical (unpaired) electrons. The van der Waals surface area contributed by atoms with Crippen molar-refractivity contribution in [3.05, 3.63) is 0 Å². The van der Waals surface area contributed by atoms with Crippen molar-refractivity contribution in [3.8, 4) is 0 Å². The summed E-state index contributed by atoms with van der Waals surface area (Å²) in [6.07, 6.45) is -4.71. The van der Waals surface area contributed by atoms with Gasteiger partial charge in [-0.05, 0) is 32.4 Å². The lowest BCUT2D eigenvalue weighted by Gasteiger charge is -2.18. The van der Waals surface area contributed by atoms with E-state index in [1.165, 1.54) is 0 Å². The molecule has 5 heteroatoms. The molecule has 1 aliphatic heterocycles. The summed E-state index contributed by atoms with van der Waals surface area (Å²) in [7, 11) is 0. The predicted molar refractivity (Wildman–Crippen MR) is 42.4 cm³/mol. The van der Waals surface area contributed by atoms with Gasteiger partial charge in [0, 0.05) is 6.54 Å². The Balaban J connectivity index is 2.17. The number of rotatable bonds is 3. The highest BCUT2D eigenvalue weighted by atomic mass is 19.4. The van der Waals surface area contributed by atoms with Gasteiger partial charge in [0.15, 0.2) is 6.10 Å². The van der Waals surface area contributed by atoms with Gasteiger partial charge in [-0.1, -0.05) is 0 Å². The zero-order valence-corrected chi connectivity index (χ0v) is 7.35. The quantitative estimate of drug-likeness (QED) is 0.739. The van der Waals surface area contributed by atoms with Crippen LogP contribution in [0.4, 0.5) is 13.2 Å². The van der Waals surface area contributed by atoms with Crippen molar-refractivity contribution < 1.29 is 18.3 Å². The Hall–Kier alpha value is -0.290. The van der Waals surface area contributed by atoms with Crippen molar-refractivity contribution in [1.29, 1.82) is 0 Å². The van der Waals surface area contributed by atoms with E-state index in [1.807, 2.05) is 4.90 Å². The Labute approximate surface area is 75.3 Å². The Morgan fingerprint density at radius 1 is 1.23 bits per heavy atom. The molecule has 78 valence electrons. The molecule has 1 fully saturated rings. The van der Waals surface area contributed by atoms with E-state index >= 15 is 0 Å². The summed E-state index contributed by atoms with van der Waals surface area (Å²) in [5.41, 5.74) is 0. The lowest BCUT2D eigenvalue weighted by atomic mass is 10.2. The predicted octanol–water partition coefficient (Wildman–Crippen LogP) is 1.40. The van der Waals surface area contributed by atoms with E-state index in [-0.39, 0.29) is 6.42 Å². The number of hydrogen-bond acceptors (Lipinski definition) is 2. The maximum Gasteiger partial charge on any atom is 0.414 e. The molecule has 0 saturated carbocycles. The Morgan fingerprint density at radius 3 is 2.23 bits per heavy atom. The molecule has 1 N–H and O–H groups in total. The van der Waals surface area contributed by atoms with Crippen LogP contribution in [0.2, 0.25) is 0 Å². The van der Waals surface area contributed by atoms with Crippen molar-refractivity contribution in [3.63, 3.8) is 0 Å². The SMILES string of the molecule is OC(CCN1CCCC1)C(F)(F)F. The first-order chi connectivity index (χ1) is 6.00. The first-order valence-corrected chi connectivity index (χ1v) is 4.47. The minimum Gasteiger partial charge on any atom is -0.384 e. The number of nitrogens with zero attached hydrogens (tertiary/aromatic N) is 1. The first-order valence-electron chi connectivity index (χ1n) is 4.47. The zero-order chi connectivity index (χ0) is 9.90. The summed E-state index contributed by atoms with van der Waals surface area (Å²) in [5.74, 6) is 0. The monoisotopic (exact) mass is 197 g/mol. The fourth-order valence-electron chi connectivity index (χ4n) is 1.47. The average Bonchev–Trinajstić information content (AvgIpc) is 2.50. The van der Waals surface area contributed by atoms with E-state index in [4.69, 9.17) is 5.11 Å². The van der Waals surface area contributed by atoms with E-state index in [9.17, 15) is 13.2 Å². The molecule has 0 aromatic carbocycles. The van der Waals surface area contributed by atoms with Crippen molar-refractivity contribution in [1.82, 2.24) is 4.90 Å². The smallest absolute Gasteiger partial charge is 0.384 e. The highest BCUT2D eigenvalue weighted by Gasteiger charge is 2.37. The van der Waals surface area contributed by atoms with Gasteiger partial charge in [-0.3, -0.25) is 0 Å². The molecule has 0 spiro atoms. The van der Waals surface area contributed by atoms with Crippen molar-refractivity contribution in [2.75, 3.05) is 19.6 Å². The van der Waals surface area contributed by atoms with Gasteiger partial charge >= 0.3 is 6.18 Å². The number of aliphatic hydroxyl groups excluding tert-OH is 1. The molecule has 2 nitrogen and oxygen atoms in total. The van der Waals surface area contributed by atoms with Gasteiger partial charge in [0.1, 0.15) is 0 Å². The molecular formula is C8H14F3NO. The Bertz CT molecular complexity index is 154. The number of likely N-dealkylation sites (tertiary alicyclic amines) is 1. The minimum absolute atomic E-state index is 0.205. The Kier molecular flexibility index (Phi) is 3.55. The van der Waals surface area contributed by atoms with Crippen LogP contribution in [-0.2, 0) is 0 Å². The first kappa shape index (κ1) is 10.8. The number of alkyl halides is 3. The fraction of sp³-hybridized carbons (Fsp3) is 1.00. The average molecular weight is 197 g/mol. The number of aliphatic hydroxyl groups is 1. The zero-order valence-electron chi connectivity index (χ0n) is 7.35. The fourth-order valence-corrected chi connectivity index (χ4v) is 1.47. The summed E-state index contributed by atoms with van der Waals surface area (Å²) in [6, 6.07) is 0. The van der Waals surface area contributed by atoms with Gasteiger partial charge in [-0.15, -0.1) is 0 Å². The molecule has 0 amide bonds. The molecule has 1 saturated heterocycles. The van der Waals surface area contributed by atoms with Gasteiger partial charge in [0.05, 0.1) is 0 Å². The van der Waals surface area contributed by atoms with Crippen LogP contribution in [0.1, 0.15) is 19.3 Å². The van der Waals surface area contributed by atoms with Crippen LogP contribution in [0, 0.1) is 0 Å². The minimum atomic E-state index is -4.46. The van der Waals surface area contributed by atoms with Crippen LogP contribution < -0.4 is 0 Å². The largest absolute Gasteiger partial charge is 0.414 e. The summed E-state index contributed by atoms with van der Waals surface area (Å²) in [4.78, 5) is 1.95. The molecule has 0 bridgehead atoms. The molecule has 0 aliphatic carbocycles. The number of hydrogen-bond donors (Lipinski definition) is 1. The van der Waals surface area contributed by atoms with E-state index in [2.05, 4.69) is 0 Å². The van der Waals surface area contributed by atoms with E-state index < -0.39 is 12.3 Å². The van der Waals surface area contributed by atoms with Crippen LogP contribution in [0.3, 0.4) is 0 Å². The van der Waals surface area contributed by atoms with E-state index in [1.54, 1.807) is 0 Å². The second-order valence-electron chi connectivity index (χ2n) is 3.39. The lowest BCUT2D eigenvalue weighted by Crippen LogP contribution is -2.33. The van der Waals surface area contributed by atoms with E-state index in [0.717, 1.165) is 25.9 Å². The molecule has 0 aromatic heterocycles. The third-order valence-electron chi connectivity index (χ3n) is 2.30. The molecule has 1 aliphatic rings. The van der Waals surface area contributed by atoms with Crippen molar-refractivity contribution >= 4 is 0 Å². The second-order valence-corrected chi connectivity index (χ2v) is 3.39. The third-order valence-corrected chi connectivity index (χ3v) is 2.30. The van der Waals surface area contributed by atoms with Gasteiger partial charge in [-0.25, -0.2) is 0 Å². The van der Waals surface area contributed by atoms with E-state index in [0.29, 0.717) is 6.54 Å². The molecule has 1 atom stereocenters. The molecular weight excluding hydrogens is 183 g/mol. The van der Waals surface area contributed by atoms with Crippen LogP contribution in [-0.4, -0.2) is 41.9 Å². The Morgan fingerprint density at radius 2 is 1.77 bits per heavy atom. The molecule has 1 unspecified atom stereocenters. The highest BCUT2D eigenvalue weighted by molar-refractivity contribution is 4.71. The topological polar surface area (TPSA) is 23.5 Å². The summed E-state index contributed by atoms with van der Waals surface area (Å²) in [5, 5.41) is 8.69. The van der Waals surface area contributed by atoms with Crippen LogP contribution >= 0.6 is 0 Å². The maximum atomic E-state index is 11.9. The number of halogens is 3. The van der Waals surface area contributed by atoms with Crippen molar-refractivity contribution in [2.45, 2.75) is 31.5 Å². The normalized spacial score (nSPS) is 22.2. The summed E-state index contributed by atoms with van der Waals surface area (Å²) in [6.45, 7) is 2.08. The van der Waals surface area contributed by atoms with Gasteiger partial charge < -0.3 is 10.0 Å². The standard InChI is InChI=1S/C8H14F3NO/c9-8(10,11)7(13)3-6-12-4-1-2-5-12/h7,13H,1-6H2. The molecule has 1 heterocycles. The van der Waals surface area contributed by atoms with Crippen LogP contribution in [0.15, 0.2) is 0 Å². The molecule has 13 heavy (non-hydrogen) atoms. The van der Waals surface area contributed by atoms with Crippen LogP contribution in [0.5, 0.6) is 0 Å². The van der Waals surface area contributed by atoms with Gasteiger partial charge in [-0.2, -0.15) is 13.2 Å². The molecule has 1 rings (SSSR count). The third kappa shape index (κ3) is 3.52. The lowest BCUT2D eigenvalue weighted by molar-refractivity contribution is -0.206. The molecule has 0 aromatic rings. The van der Waals surface area contributed by atoms with Gasteiger partial charge in [0.25, 0.3) is 0 Å². The van der Waals surface area contributed by atoms with Crippen LogP contribution in [0.25, 0.3) is 0 Å². The summed E-state index contributed by atoms with van der Waals surface area (Å²) >= 11 is 0.